The Hall–Kier alpha value is -2.24. The number of nitrogens with zero attached hydrogens (tertiary/aromatic N) is 1. The second-order valence-corrected chi connectivity index (χ2v) is 5.10. The number of oxime groups is 1. The summed E-state index contributed by atoms with van der Waals surface area (Å²) in [6.45, 7) is 4.16. The molecule has 116 valence electrons. The molecule has 21 heavy (non-hydrogen) atoms. The number of rotatable bonds is 7. The number of amidine groups is 1. The number of carbonyl (C=O) groups is 1. The van der Waals surface area contributed by atoms with Gasteiger partial charge in [-0.3, -0.25) is 4.79 Å². The van der Waals surface area contributed by atoms with E-state index in [1.807, 2.05) is 38.1 Å². The monoisotopic (exact) mass is 293 g/mol. The molecule has 1 aromatic carbocycles. The summed E-state index contributed by atoms with van der Waals surface area (Å²) in [5.74, 6) is -0.196. The lowest BCUT2D eigenvalue weighted by atomic mass is 9.94. The lowest BCUT2D eigenvalue weighted by Crippen LogP contribution is -2.42. The molecule has 0 saturated carbocycles. The van der Waals surface area contributed by atoms with Crippen molar-refractivity contribution in [1.82, 2.24) is 5.32 Å². The number of amides is 1. The number of ether oxygens (including phenoxy) is 1. The Balaban J connectivity index is 2.60. The van der Waals surface area contributed by atoms with Gasteiger partial charge >= 0.3 is 0 Å². The molecule has 0 heterocycles. The van der Waals surface area contributed by atoms with E-state index >= 15 is 0 Å². The van der Waals surface area contributed by atoms with Crippen LogP contribution < -0.4 is 15.8 Å². The van der Waals surface area contributed by atoms with Crippen molar-refractivity contribution in [3.8, 4) is 5.75 Å². The summed E-state index contributed by atoms with van der Waals surface area (Å²) in [7, 11) is 1.62. The molecule has 0 aliphatic rings. The van der Waals surface area contributed by atoms with Gasteiger partial charge in [0.25, 0.3) is 0 Å². The van der Waals surface area contributed by atoms with E-state index < -0.39 is 5.92 Å². The molecule has 1 rings (SSSR count). The zero-order chi connectivity index (χ0) is 15.8. The maximum absolute atomic E-state index is 12.1. The second-order valence-electron chi connectivity index (χ2n) is 5.10. The molecule has 1 atom stereocenters. The molecular weight excluding hydrogens is 270 g/mol. The molecule has 0 fully saturated rings. The van der Waals surface area contributed by atoms with E-state index in [4.69, 9.17) is 15.7 Å². The first-order valence-electron chi connectivity index (χ1n) is 6.88. The maximum Gasteiger partial charge on any atom is 0.231 e. The van der Waals surface area contributed by atoms with Crippen molar-refractivity contribution < 1.29 is 14.7 Å². The van der Waals surface area contributed by atoms with Crippen LogP contribution in [0.4, 0.5) is 0 Å². The predicted molar refractivity (Wildman–Crippen MR) is 81.4 cm³/mol. The van der Waals surface area contributed by atoms with Gasteiger partial charge in [-0.25, -0.2) is 0 Å². The first-order chi connectivity index (χ1) is 10.0. The van der Waals surface area contributed by atoms with Crippen LogP contribution in [0.3, 0.4) is 0 Å². The number of carbonyl (C=O) groups excluding carboxylic acids is 1. The Labute approximate surface area is 125 Å². The third kappa shape index (κ3) is 4.66. The molecule has 0 saturated heterocycles. The Bertz CT molecular complexity index is 501. The van der Waals surface area contributed by atoms with Gasteiger partial charge in [-0.05, 0) is 24.0 Å². The molecule has 0 bridgehead atoms. The Kier molecular flexibility index (Phi) is 6.52. The summed E-state index contributed by atoms with van der Waals surface area (Å²) >= 11 is 0. The van der Waals surface area contributed by atoms with Gasteiger partial charge in [-0.2, -0.15) is 0 Å². The van der Waals surface area contributed by atoms with Crippen molar-refractivity contribution in [1.29, 1.82) is 0 Å². The number of para-hydroxylation sites is 1. The highest BCUT2D eigenvalue weighted by atomic mass is 16.5. The van der Waals surface area contributed by atoms with Gasteiger partial charge in [0.1, 0.15) is 11.7 Å². The molecule has 0 aromatic heterocycles. The van der Waals surface area contributed by atoms with E-state index in [0.717, 1.165) is 11.3 Å². The van der Waals surface area contributed by atoms with E-state index in [0.29, 0.717) is 13.0 Å². The molecule has 0 aliphatic carbocycles. The third-order valence-electron chi connectivity index (χ3n) is 3.27. The lowest BCUT2D eigenvalue weighted by Gasteiger charge is -2.19. The van der Waals surface area contributed by atoms with Gasteiger partial charge in [-0.1, -0.05) is 37.2 Å². The van der Waals surface area contributed by atoms with Crippen LogP contribution in [0.5, 0.6) is 5.75 Å². The van der Waals surface area contributed by atoms with Crippen LogP contribution in [-0.4, -0.2) is 30.6 Å². The van der Waals surface area contributed by atoms with Crippen LogP contribution >= 0.6 is 0 Å². The number of hydrogen-bond donors (Lipinski definition) is 3. The topological polar surface area (TPSA) is 96.9 Å². The smallest absolute Gasteiger partial charge is 0.231 e. The number of methoxy groups -OCH3 is 1. The SMILES string of the molecule is COc1ccccc1CCNC(=O)C(/C(N)=N/O)C(C)C. The molecule has 4 N–H and O–H groups in total. The highest BCUT2D eigenvalue weighted by Crippen LogP contribution is 2.17. The molecule has 1 aromatic rings. The maximum atomic E-state index is 12.1. The average molecular weight is 293 g/mol. The van der Waals surface area contributed by atoms with Crippen LogP contribution in [0, 0.1) is 11.8 Å². The first kappa shape index (κ1) is 16.8. The Morgan fingerprint density at radius 2 is 2.10 bits per heavy atom. The standard InChI is InChI=1S/C15H23N3O3/c1-10(2)13(14(16)18-20)15(19)17-9-8-11-6-4-5-7-12(11)21-3/h4-7,10,13,20H,8-9H2,1-3H3,(H2,16,18)(H,17,19). The predicted octanol–water partition coefficient (Wildman–Crippen LogP) is 1.37. The van der Waals surface area contributed by atoms with Gasteiger partial charge in [-0.15, -0.1) is 0 Å². The second kappa shape index (κ2) is 8.14. The van der Waals surface area contributed by atoms with E-state index in [9.17, 15) is 4.79 Å². The minimum atomic E-state index is -0.632. The zero-order valence-electron chi connectivity index (χ0n) is 12.7. The minimum absolute atomic E-state index is 0.0489. The highest BCUT2D eigenvalue weighted by Gasteiger charge is 2.26. The summed E-state index contributed by atoms with van der Waals surface area (Å²) < 4.78 is 5.26. The molecule has 1 unspecified atom stereocenters. The Morgan fingerprint density at radius 3 is 2.67 bits per heavy atom. The third-order valence-corrected chi connectivity index (χ3v) is 3.27. The Morgan fingerprint density at radius 1 is 1.43 bits per heavy atom. The van der Waals surface area contributed by atoms with Crippen molar-refractivity contribution in [2.24, 2.45) is 22.7 Å². The summed E-state index contributed by atoms with van der Waals surface area (Å²) in [4.78, 5) is 12.1. The van der Waals surface area contributed by atoms with Gasteiger partial charge in [0.2, 0.25) is 5.91 Å². The van der Waals surface area contributed by atoms with Gasteiger partial charge < -0.3 is 21.0 Å². The normalized spacial score (nSPS) is 13.0. The molecule has 0 spiro atoms. The van der Waals surface area contributed by atoms with Gasteiger partial charge in [0.15, 0.2) is 5.84 Å². The fraction of sp³-hybridized carbons (Fsp3) is 0.467. The molecule has 0 aliphatic heterocycles. The van der Waals surface area contributed by atoms with Crippen LogP contribution in [0.2, 0.25) is 0 Å². The van der Waals surface area contributed by atoms with Crippen LogP contribution in [0.1, 0.15) is 19.4 Å². The van der Waals surface area contributed by atoms with Crippen molar-refractivity contribution in [3.05, 3.63) is 29.8 Å². The lowest BCUT2D eigenvalue weighted by molar-refractivity contribution is -0.124. The van der Waals surface area contributed by atoms with Crippen LogP contribution in [0.25, 0.3) is 0 Å². The van der Waals surface area contributed by atoms with Crippen molar-refractivity contribution in [3.63, 3.8) is 0 Å². The van der Waals surface area contributed by atoms with E-state index in [-0.39, 0.29) is 17.7 Å². The number of benzene rings is 1. The van der Waals surface area contributed by atoms with E-state index in [1.54, 1.807) is 7.11 Å². The average Bonchev–Trinajstić information content (AvgIpc) is 2.47. The van der Waals surface area contributed by atoms with E-state index in [1.165, 1.54) is 0 Å². The largest absolute Gasteiger partial charge is 0.496 e. The fourth-order valence-electron chi connectivity index (χ4n) is 2.18. The molecule has 6 nitrogen and oxygen atoms in total. The summed E-state index contributed by atoms with van der Waals surface area (Å²) in [5.41, 5.74) is 6.59. The van der Waals surface area contributed by atoms with Crippen LogP contribution in [0.15, 0.2) is 29.4 Å². The summed E-state index contributed by atoms with van der Waals surface area (Å²) in [5, 5.41) is 14.5. The summed E-state index contributed by atoms with van der Waals surface area (Å²) in [6.07, 6.45) is 0.650. The van der Waals surface area contributed by atoms with Crippen molar-refractivity contribution in [2.75, 3.05) is 13.7 Å². The molecular formula is C15H23N3O3. The zero-order valence-corrected chi connectivity index (χ0v) is 12.7. The van der Waals surface area contributed by atoms with Crippen LogP contribution in [-0.2, 0) is 11.2 Å². The number of hydrogen-bond acceptors (Lipinski definition) is 4. The number of nitrogens with one attached hydrogen (secondary N) is 1. The summed E-state index contributed by atoms with van der Waals surface area (Å²) in [6, 6.07) is 7.65. The highest BCUT2D eigenvalue weighted by molar-refractivity contribution is 6.02. The fourth-order valence-corrected chi connectivity index (χ4v) is 2.18. The van der Waals surface area contributed by atoms with Crippen molar-refractivity contribution >= 4 is 11.7 Å². The molecule has 6 heteroatoms. The van der Waals surface area contributed by atoms with Crippen molar-refractivity contribution in [2.45, 2.75) is 20.3 Å². The van der Waals surface area contributed by atoms with E-state index in [2.05, 4.69) is 10.5 Å². The quantitative estimate of drug-likeness (QED) is 0.306. The van der Waals surface area contributed by atoms with Gasteiger partial charge in [0, 0.05) is 6.54 Å². The molecule has 0 radical (unpaired) electrons. The number of nitrogens with two attached hydrogens (primary N) is 1. The van der Waals surface area contributed by atoms with Gasteiger partial charge in [0.05, 0.1) is 7.11 Å². The molecule has 1 amide bonds. The minimum Gasteiger partial charge on any atom is -0.496 e. The first-order valence-corrected chi connectivity index (χ1v) is 6.88.